The number of ketones is 2. The number of hydrogen-bond donors (Lipinski definition) is 4. The third-order valence-electron chi connectivity index (χ3n) is 10.9. The topological polar surface area (TPSA) is 218 Å². The number of nitrogens with one attached hydrogen (secondary N) is 2. The fourth-order valence-electron chi connectivity index (χ4n) is 7.56. The van der Waals surface area contributed by atoms with Gasteiger partial charge in [-0.05, 0) is 63.2 Å². The van der Waals surface area contributed by atoms with E-state index in [1.807, 2.05) is 11.8 Å². The number of aliphatic hydroxyl groups excluding tert-OH is 1. The van der Waals surface area contributed by atoms with Crippen LogP contribution in [0, 0.1) is 11.8 Å². The van der Waals surface area contributed by atoms with Gasteiger partial charge in [-0.1, -0.05) is 38.2 Å². The lowest BCUT2D eigenvalue weighted by molar-refractivity contribution is -0.120. The molecule has 0 spiro atoms. The van der Waals surface area contributed by atoms with E-state index in [1.54, 1.807) is 57.2 Å². The molecule has 2 bridgehead atoms. The van der Waals surface area contributed by atoms with Crippen molar-refractivity contribution in [2.45, 2.75) is 77.8 Å². The average Bonchev–Trinajstić information content (AvgIpc) is 3.23. The molecular weight excluding hydrogens is 789 g/mol. The van der Waals surface area contributed by atoms with E-state index in [0.717, 1.165) is 6.08 Å². The van der Waals surface area contributed by atoms with Crippen LogP contribution in [-0.4, -0.2) is 107 Å². The Labute approximate surface area is 355 Å². The van der Waals surface area contributed by atoms with Crippen molar-refractivity contribution in [3.05, 3.63) is 93.0 Å². The second kappa shape index (κ2) is 21.8. The highest BCUT2D eigenvalue weighted by atomic mass is 16.6. The summed E-state index contributed by atoms with van der Waals surface area (Å²) in [5.74, 6) is -1.27. The highest BCUT2D eigenvalue weighted by Gasteiger charge is 2.33. The zero-order valence-corrected chi connectivity index (χ0v) is 35.7. The van der Waals surface area contributed by atoms with Crippen molar-refractivity contribution >= 4 is 40.4 Å². The van der Waals surface area contributed by atoms with Crippen molar-refractivity contribution in [2.75, 3.05) is 58.6 Å². The third-order valence-corrected chi connectivity index (χ3v) is 10.9. The lowest BCUT2D eigenvalue weighted by atomic mass is 9.85. The van der Waals surface area contributed by atoms with Gasteiger partial charge in [-0.25, -0.2) is 4.79 Å². The van der Waals surface area contributed by atoms with Crippen molar-refractivity contribution in [1.82, 2.24) is 10.6 Å². The second-order valence-electron chi connectivity index (χ2n) is 15.6. The van der Waals surface area contributed by atoms with Crippen LogP contribution in [0.2, 0.25) is 0 Å². The van der Waals surface area contributed by atoms with Crippen LogP contribution in [0.5, 0.6) is 5.75 Å². The molecule has 3 aliphatic rings. The summed E-state index contributed by atoms with van der Waals surface area (Å²) in [5, 5.41) is 17.7. The molecule has 6 atom stereocenters. The van der Waals surface area contributed by atoms with Gasteiger partial charge in [0.2, 0.25) is 11.6 Å². The van der Waals surface area contributed by atoms with Crippen LogP contribution in [0.15, 0.2) is 92.0 Å². The molecule has 2 aliphatic heterocycles. The highest BCUT2D eigenvalue weighted by Crippen LogP contribution is 2.29. The van der Waals surface area contributed by atoms with E-state index in [1.165, 1.54) is 26.4 Å². The average molecular weight is 847 g/mol. The first kappa shape index (κ1) is 46.5. The number of Topliss-reactive ketones (excluding diaryl/α,β-unsaturated/α-hetero) is 1. The molecule has 1 saturated heterocycles. The molecule has 61 heavy (non-hydrogen) atoms. The molecule has 0 saturated carbocycles. The Balaban J connectivity index is 1.30. The number of methoxy groups -OCH3 is 2. The molecule has 2 aromatic rings. The van der Waals surface area contributed by atoms with E-state index in [0.29, 0.717) is 86.9 Å². The quantitative estimate of drug-likeness (QED) is 0.142. The van der Waals surface area contributed by atoms with Gasteiger partial charge in [0.25, 0.3) is 5.91 Å². The maximum Gasteiger partial charge on any atom is 0.405 e. The molecule has 0 unspecified atom stereocenters. The predicted molar refractivity (Wildman–Crippen MR) is 228 cm³/mol. The number of unbranched alkanes of at least 4 members (excludes halogenated alkanes) is 1. The maximum atomic E-state index is 14.1. The molecule has 16 heteroatoms. The SMILES string of the molecule is CO[C@H]1/C=C\C=C(/C)C(=O)NC2=CC(=O)C(NCCCCOc3ccc4c(=O)cc(N5CCOCC5)oc4c3)=C(C[C@@H](C)C[C@H](OC)[C@H](O)[C@@H](C)/C=C(\C)[C@@H]1OC(N)=O)C2=O. The van der Waals surface area contributed by atoms with Crippen LogP contribution < -0.4 is 31.4 Å². The van der Waals surface area contributed by atoms with Gasteiger partial charge in [0.05, 0.1) is 48.8 Å². The minimum Gasteiger partial charge on any atom is -0.493 e. The van der Waals surface area contributed by atoms with Crippen molar-refractivity contribution in [1.29, 1.82) is 0 Å². The number of carbonyl (C=O) groups is 4. The van der Waals surface area contributed by atoms with Gasteiger partial charge in [-0.2, -0.15) is 0 Å². The first-order valence-electron chi connectivity index (χ1n) is 20.6. The van der Waals surface area contributed by atoms with Crippen LogP contribution in [-0.2, 0) is 33.3 Å². The number of aliphatic hydroxyl groups is 1. The first-order valence-corrected chi connectivity index (χ1v) is 20.6. The number of rotatable bonds is 11. The highest BCUT2D eigenvalue weighted by molar-refractivity contribution is 6.23. The van der Waals surface area contributed by atoms with Gasteiger partial charge in [0, 0.05) is 69.1 Å². The number of hydrogen-bond acceptors (Lipinski definition) is 14. The van der Waals surface area contributed by atoms with Crippen molar-refractivity contribution < 1.29 is 52.4 Å². The van der Waals surface area contributed by atoms with Crippen LogP contribution in [0.3, 0.4) is 0 Å². The minimum absolute atomic E-state index is 0.137. The van der Waals surface area contributed by atoms with Crippen LogP contribution >= 0.6 is 0 Å². The van der Waals surface area contributed by atoms with E-state index < -0.39 is 53.9 Å². The fraction of sp³-hybridized carbons (Fsp3) is 0.489. The number of ether oxygens (including phenoxy) is 5. The van der Waals surface area contributed by atoms with Gasteiger partial charge >= 0.3 is 6.09 Å². The number of allylic oxidation sites excluding steroid dienone is 4. The Morgan fingerprint density at radius 2 is 1.80 bits per heavy atom. The number of nitrogens with two attached hydrogens (primary N) is 1. The smallest absolute Gasteiger partial charge is 0.405 e. The molecule has 0 radical (unpaired) electrons. The Kier molecular flexibility index (Phi) is 16.6. The number of morpholine rings is 1. The van der Waals surface area contributed by atoms with Gasteiger partial charge in [0.1, 0.15) is 17.4 Å². The molecule has 16 nitrogen and oxygen atoms in total. The van der Waals surface area contributed by atoms with E-state index in [4.69, 9.17) is 33.8 Å². The van der Waals surface area contributed by atoms with Crippen molar-refractivity contribution in [2.24, 2.45) is 17.6 Å². The number of carbonyl (C=O) groups excluding carboxylic acids is 4. The monoisotopic (exact) mass is 846 g/mol. The zero-order valence-electron chi connectivity index (χ0n) is 35.7. The number of nitrogens with zero attached hydrogens (tertiary/aromatic N) is 1. The van der Waals surface area contributed by atoms with E-state index >= 15 is 0 Å². The third kappa shape index (κ3) is 12.3. The molecule has 3 heterocycles. The summed E-state index contributed by atoms with van der Waals surface area (Å²) in [5.41, 5.74) is 6.68. The Hall–Kier alpha value is -5.55. The van der Waals surface area contributed by atoms with E-state index in [-0.39, 0.29) is 40.3 Å². The molecule has 1 aliphatic carbocycles. The summed E-state index contributed by atoms with van der Waals surface area (Å²) in [4.78, 5) is 67.7. The maximum absolute atomic E-state index is 14.1. The molecule has 1 aromatic heterocycles. The van der Waals surface area contributed by atoms with Gasteiger partial charge in [0.15, 0.2) is 17.4 Å². The standard InChI is InChI=1S/C45H58N4O12/c1-26-20-32-40(47-14-7-8-17-59-30-12-13-31-34(50)25-39(60-37(31)23-30)49-15-18-58-19-16-49)35(51)24-33(42(32)53)48-44(54)27(2)10-9-11-36(56-5)43(61-45(46)55)29(4)22-28(3)41(52)38(21-26)57-6/h9-13,22-26,28,36,38,41,43,47,52H,7-8,14-21H2,1-6H3,(H2,46,55)(H,48,54)/b11-9-,27-10+,29-22+/t26-,28+,36+,38+,41-,43+/m1/s1. The lowest BCUT2D eigenvalue weighted by Gasteiger charge is -2.30. The number of amides is 2. The zero-order chi connectivity index (χ0) is 44.2. The van der Waals surface area contributed by atoms with Gasteiger partial charge in [-0.3, -0.25) is 19.2 Å². The first-order chi connectivity index (χ1) is 29.2. The summed E-state index contributed by atoms with van der Waals surface area (Å²) in [6.45, 7) is 10.0. The molecule has 330 valence electrons. The number of benzene rings is 1. The Morgan fingerprint density at radius 1 is 1.05 bits per heavy atom. The number of primary amides is 1. The lowest BCUT2D eigenvalue weighted by Crippen LogP contribution is -2.38. The molecule has 5 rings (SSSR count). The van der Waals surface area contributed by atoms with Gasteiger partial charge < -0.3 is 54.5 Å². The van der Waals surface area contributed by atoms with Crippen molar-refractivity contribution in [3.63, 3.8) is 0 Å². The Morgan fingerprint density at radius 3 is 2.51 bits per heavy atom. The summed E-state index contributed by atoms with van der Waals surface area (Å²) in [7, 11) is 2.92. The van der Waals surface area contributed by atoms with Gasteiger partial charge in [-0.15, -0.1) is 0 Å². The van der Waals surface area contributed by atoms with E-state index in [2.05, 4.69) is 10.6 Å². The molecule has 2 amide bonds. The number of anilines is 1. The molecule has 1 aromatic carbocycles. The largest absolute Gasteiger partial charge is 0.493 e. The Bertz CT molecular complexity index is 2150. The molecule has 5 N–H and O–H groups in total. The van der Waals surface area contributed by atoms with Crippen LogP contribution in [0.1, 0.15) is 53.4 Å². The minimum atomic E-state index is -1.01. The predicted octanol–water partition coefficient (Wildman–Crippen LogP) is 4.15. The summed E-state index contributed by atoms with van der Waals surface area (Å²) in [6.07, 6.45) is 4.71. The second-order valence-corrected chi connectivity index (χ2v) is 15.6. The van der Waals surface area contributed by atoms with Crippen LogP contribution in [0.25, 0.3) is 11.0 Å². The van der Waals surface area contributed by atoms with Crippen molar-refractivity contribution in [3.8, 4) is 5.75 Å². The molecular formula is C45H58N4O12. The molecule has 1 fully saturated rings. The van der Waals surface area contributed by atoms with Crippen LogP contribution in [0.4, 0.5) is 10.7 Å². The summed E-state index contributed by atoms with van der Waals surface area (Å²) >= 11 is 0. The normalized spacial score (nSPS) is 27.0. The number of fused-ring (bicyclic) bond motifs is 3. The summed E-state index contributed by atoms with van der Waals surface area (Å²) < 4.78 is 34.3. The summed E-state index contributed by atoms with van der Waals surface area (Å²) in [6, 6.07) is 6.61. The van der Waals surface area contributed by atoms with E-state index in [9.17, 15) is 29.1 Å². The fourth-order valence-corrected chi connectivity index (χ4v) is 7.56.